The van der Waals surface area contributed by atoms with Gasteiger partial charge in [0.25, 0.3) is 0 Å². The maximum absolute atomic E-state index is 2.75. The summed E-state index contributed by atoms with van der Waals surface area (Å²) < 4.78 is 0. The molecule has 1 heteroatoms. The third-order valence-corrected chi connectivity index (χ3v) is 6.02. The molecule has 1 fully saturated rings. The van der Waals surface area contributed by atoms with Crippen molar-refractivity contribution in [2.45, 2.75) is 57.9 Å². The van der Waals surface area contributed by atoms with Crippen molar-refractivity contribution in [1.29, 1.82) is 0 Å². The second kappa shape index (κ2) is 5.96. The standard InChI is InChI=1S/C20H29N/c1-4-5-6-9-13-21-14-12-20(3)16(2)19(21)15-17-10-7-8-11-18(17)20/h5-8,10-11,16,19H,4,9,12-15H2,1-3H3. The zero-order valence-corrected chi connectivity index (χ0v) is 13.8. The molecule has 114 valence electrons. The van der Waals surface area contributed by atoms with Gasteiger partial charge in [-0.25, -0.2) is 0 Å². The molecule has 1 nitrogen and oxygen atoms in total. The molecule has 2 aliphatic rings. The van der Waals surface area contributed by atoms with E-state index in [1.165, 1.54) is 32.4 Å². The summed E-state index contributed by atoms with van der Waals surface area (Å²) in [5.41, 5.74) is 3.60. The van der Waals surface area contributed by atoms with Crippen LogP contribution < -0.4 is 0 Å². The van der Waals surface area contributed by atoms with Gasteiger partial charge in [0.05, 0.1) is 0 Å². The van der Waals surface area contributed by atoms with Gasteiger partial charge in [-0.05, 0) is 54.7 Å². The molecule has 1 heterocycles. The highest BCUT2D eigenvalue weighted by Crippen LogP contribution is 2.48. The van der Waals surface area contributed by atoms with Crippen LogP contribution in [0.1, 0.15) is 51.2 Å². The van der Waals surface area contributed by atoms with Crippen molar-refractivity contribution in [1.82, 2.24) is 4.90 Å². The summed E-state index contributed by atoms with van der Waals surface area (Å²) >= 11 is 0. The van der Waals surface area contributed by atoms with Crippen LogP contribution in [0.3, 0.4) is 0 Å². The summed E-state index contributed by atoms with van der Waals surface area (Å²) in [7, 11) is 0. The van der Waals surface area contributed by atoms with Crippen molar-refractivity contribution in [3.05, 3.63) is 47.5 Å². The molecule has 3 rings (SSSR count). The second-order valence-corrected chi connectivity index (χ2v) is 7.09. The van der Waals surface area contributed by atoms with Crippen LogP contribution in [0.15, 0.2) is 36.4 Å². The van der Waals surface area contributed by atoms with Gasteiger partial charge in [0.1, 0.15) is 0 Å². The molecule has 0 saturated carbocycles. The fourth-order valence-corrected chi connectivity index (χ4v) is 4.48. The number of fused-ring (bicyclic) bond motifs is 4. The topological polar surface area (TPSA) is 3.24 Å². The SMILES string of the molecule is CCC=CCCN1CCC2(C)c3ccccc3CC1C2C. The van der Waals surface area contributed by atoms with Crippen molar-refractivity contribution >= 4 is 0 Å². The minimum atomic E-state index is 0.384. The van der Waals surface area contributed by atoms with E-state index in [4.69, 9.17) is 0 Å². The maximum atomic E-state index is 2.75. The average molecular weight is 283 g/mol. The van der Waals surface area contributed by atoms with Crippen molar-refractivity contribution in [2.24, 2.45) is 5.92 Å². The lowest BCUT2D eigenvalue weighted by atomic mass is 9.59. The fourth-order valence-electron chi connectivity index (χ4n) is 4.48. The van der Waals surface area contributed by atoms with Gasteiger partial charge >= 0.3 is 0 Å². The van der Waals surface area contributed by atoms with E-state index in [2.05, 4.69) is 62.1 Å². The number of rotatable bonds is 4. The van der Waals surface area contributed by atoms with Crippen LogP contribution in [0.25, 0.3) is 0 Å². The summed E-state index contributed by atoms with van der Waals surface area (Å²) in [5, 5.41) is 0. The zero-order chi connectivity index (χ0) is 14.9. The van der Waals surface area contributed by atoms with Crippen LogP contribution in [0.2, 0.25) is 0 Å². The second-order valence-electron chi connectivity index (χ2n) is 7.09. The highest BCUT2D eigenvalue weighted by atomic mass is 15.2. The Balaban J connectivity index is 1.80. The van der Waals surface area contributed by atoms with Gasteiger partial charge in [-0.3, -0.25) is 4.90 Å². The molecule has 3 atom stereocenters. The summed E-state index contributed by atoms with van der Waals surface area (Å²) in [6.07, 6.45) is 9.56. The van der Waals surface area contributed by atoms with E-state index in [-0.39, 0.29) is 0 Å². The van der Waals surface area contributed by atoms with Gasteiger partial charge in [-0.2, -0.15) is 0 Å². The summed E-state index contributed by atoms with van der Waals surface area (Å²) in [6.45, 7) is 9.68. The van der Waals surface area contributed by atoms with Gasteiger partial charge in [0.15, 0.2) is 0 Å². The Kier molecular flexibility index (Phi) is 4.21. The molecule has 1 aliphatic carbocycles. The average Bonchev–Trinajstić information content (AvgIpc) is 2.49. The first kappa shape index (κ1) is 14.8. The van der Waals surface area contributed by atoms with Crippen molar-refractivity contribution in [3.8, 4) is 0 Å². The first-order chi connectivity index (χ1) is 10.2. The molecule has 0 N–H and O–H groups in total. The number of piperidine rings is 1. The smallest absolute Gasteiger partial charge is 0.0170 e. The molecular weight excluding hydrogens is 254 g/mol. The van der Waals surface area contributed by atoms with E-state index in [9.17, 15) is 0 Å². The Morgan fingerprint density at radius 2 is 2.10 bits per heavy atom. The number of likely N-dealkylation sites (tertiary alicyclic amines) is 1. The Bertz CT molecular complexity index is 518. The van der Waals surface area contributed by atoms with Gasteiger partial charge in [-0.15, -0.1) is 0 Å². The highest BCUT2D eigenvalue weighted by Gasteiger charge is 2.47. The molecule has 0 spiro atoms. The van der Waals surface area contributed by atoms with Gasteiger partial charge in [0, 0.05) is 12.6 Å². The lowest BCUT2D eigenvalue weighted by Gasteiger charge is -2.54. The predicted octanol–water partition coefficient (Wildman–Crippen LogP) is 4.57. The Morgan fingerprint density at radius 1 is 1.29 bits per heavy atom. The fraction of sp³-hybridized carbons (Fsp3) is 0.600. The first-order valence-electron chi connectivity index (χ1n) is 8.64. The van der Waals surface area contributed by atoms with Crippen LogP contribution in [0.5, 0.6) is 0 Å². The molecule has 21 heavy (non-hydrogen) atoms. The molecule has 1 aromatic carbocycles. The molecule has 3 unspecified atom stereocenters. The van der Waals surface area contributed by atoms with E-state index >= 15 is 0 Å². The van der Waals surface area contributed by atoms with Crippen LogP contribution >= 0.6 is 0 Å². The number of benzene rings is 1. The van der Waals surface area contributed by atoms with Crippen LogP contribution in [-0.2, 0) is 11.8 Å². The summed E-state index contributed by atoms with van der Waals surface area (Å²) in [5.74, 6) is 0.760. The third-order valence-electron chi connectivity index (χ3n) is 6.02. The lowest BCUT2D eigenvalue weighted by Crippen LogP contribution is -2.58. The van der Waals surface area contributed by atoms with Crippen molar-refractivity contribution in [3.63, 3.8) is 0 Å². The van der Waals surface area contributed by atoms with Crippen LogP contribution in [-0.4, -0.2) is 24.0 Å². The van der Waals surface area contributed by atoms with Crippen molar-refractivity contribution in [2.75, 3.05) is 13.1 Å². The first-order valence-corrected chi connectivity index (χ1v) is 8.64. The number of hydrogen-bond acceptors (Lipinski definition) is 1. The molecule has 1 aromatic rings. The van der Waals surface area contributed by atoms with E-state index in [1.807, 2.05) is 0 Å². The molecule has 0 radical (unpaired) electrons. The van der Waals surface area contributed by atoms with Gasteiger partial charge in [0.2, 0.25) is 0 Å². The Hall–Kier alpha value is -1.08. The predicted molar refractivity (Wildman–Crippen MR) is 90.7 cm³/mol. The van der Waals surface area contributed by atoms with E-state index in [1.54, 1.807) is 11.1 Å². The number of allylic oxidation sites excluding steroid dienone is 1. The Labute approximate surface area is 130 Å². The highest BCUT2D eigenvalue weighted by molar-refractivity contribution is 5.39. The number of nitrogens with zero attached hydrogens (tertiary/aromatic N) is 1. The molecule has 2 bridgehead atoms. The minimum absolute atomic E-state index is 0.384. The monoisotopic (exact) mass is 283 g/mol. The van der Waals surface area contributed by atoms with E-state index < -0.39 is 0 Å². The molecule has 0 amide bonds. The largest absolute Gasteiger partial charge is 0.299 e. The lowest BCUT2D eigenvalue weighted by molar-refractivity contribution is 0.0328. The summed E-state index contributed by atoms with van der Waals surface area (Å²) in [4.78, 5) is 2.75. The number of hydrogen-bond donors (Lipinski definition) is 0. The molecular formula is C20H29N. The molecule has 1 aliphatic heterocycles. The zero-order valence-electron chi connectivity index (χ0n) is 13.8. The third kappa shape index (κ3) is 2.57. The van der Waals surface area contributed by atoms with Gasteiger partial charge < -0.3 is 0 Å². The maximum Gasteiger partial charge on any atom is 0.0170 e. The minimum Gasteiger partial charge on any atom is -0.299 e. The van der Waals surface area contributed by atoms with Crippen LogP contribution in [0.4, 0.5) is 0 Å². The normalized spacial score (nSPS) is 32.3. The van der Waals surface area contributed by atoms with E-state index in [0.717, 1.165) is 18.4 Å². The molecule has 0 aromatic heterocycles. The molecule has 1 saturated heterocycles. The summed E-state index contributed by atoms with van der Waals surface area (Å²) in [6, 6.07) is 9.89. The van der Waals surface area contributed by atoms with Gasteiger partial charge in [-0.1, -0.05) is 57.2 Å². The van der Waals surface area contributed by atoms with E-state index in [0.29, 0.717) is 5.41 Å². The quantitative estimate of drug-likeness (QED) is 0.732. The van der Waals surface area contributed by atoms with Crippen molar-refractivity contribution < 1.29 is 0 Å². The van der Waals surface area contributed by atoms with Crippen LogP contribution in [0, 0.1) is 5.92 Å². The Morgan fingerprint density at radius 3 is 2.90 bits per heavy atom.